The van der Waals surface area contributed by atoms with Crippen LogP contribution in [0.5, 0.6) is 11.5 Å². The second-order valence-corrected chi connectivity index (χ2v) is 7.90. The first-order chi connectivity index (χ1) is 14.6. The number of aliphatic hydroxyl groups excluding tert-OH is 1. The normalized spacial score (nSPS) is 14.9. The Hall–Kier alpha value is -2.48. The number of amidine groups is 1. The Balaban J connectivity index is 1.92. The molecule has 2 aromatic carbocycles. The summed E-state index contributed by atoms with van der Waals surface area (Å²) in [6.45, 7) is 0.146. The molecule has 8 heteroatoms. The number of ether oxygens (including phenoxy) is 2. The molecule has 158 valence electrons. The average molecular weight is 447 g/mol. The number of aliphatic imine (C=N–C) groups is 1. The van der Waals surface area contributed by atoms with Crippen molar-refractivity contribution in [3.05, 3.63) is 58.7 Å². The first-order valence-corrected chi connectivity index (χ1v) is 10.8. The zero-order valence-electron chi connectivity index (χ0n) is 16.8. The van der Waals surface area contributed by atoms with Gasteiger partial charge in [-0.3, -0.25) is 9.69 Å². The minimum atomic E-state index is -0.222. The standard InChI is InChI=1S/C22H23ClN2O4S/c1-28-17-8-5-15(6-9-17)13-19-21(27)25(22(24-19)30-12-4-3-11-26)16-7-10-18(23)20(14-16)29-2/h5-10,13-14,26H,3-4,11-12H2,1-2H3/b19-13-. The number of nitrogens with zero attached hydrogens (tertiary/aromatic N) is 2. The van der Waals surface area contributed by atoms with Crippen LogP contribution in [-0.2, 0) is 4.79 Å². The van der Waals surface area contributed by atoms with Crippen molar-refractivity contribution < 1.29 is 19.4 Å². The largest absolute Gasteiger partial charge is 0.497 e. The Labute approximate surface area is 185 Å². The maximum Gasteiger partial charge on any atom is 0.283 e. The molecule has 1 aliphatic rings. The Morgan fingerprint density at radius 1 is 1.13 bits per heavy atom. The van der Waals surface area contributed by atoms with E-state index in [4.69, 9.17) is 26.2 Å². The van der Waals surface area contributed by atoms with E-state index in [9.17, 15) is 4.79 Å². The van der Waals surface area contributed by atoms with Gasteiger partial charge in [0.15, 0.2) is 5.17 Å². The lowest BCUT2D eigenvalue weighted by Gasteiger charge is -2.19. The van der Waals surface area contributed by atoms with Crippen LogP contribution in [0.25, 0.3) is 6.08 Å². The van der Waals surface area contributed by atoms with E-state index in [1.54, 1.807) is 36.3 Å². The molecule has 1 heterocycles. The molecule has 0 aromatic heterocycles. The summed E-state index contributed by atoms with van der Waals surface area (Å²) >= 11 is 7.62. The second kappa shape index (κ2) is 10.5. The van der Waals surface area contributed by atoms with E-state index in [0.717, 1.165) is 23.5 Å². The summed E-state index contributed by atoms with van der Waals surface area (Å²) in [4.78, 5) is 19.4. The van der Waals surface area contributed by atoms with E-state index in [1.165, 1.54) is 18.9 Å². The predicted molar refractivity (Wildman–Crippen MR) is 123 cm³/mol. The van der Waals surface area contributed by atoms with Crippen LogP contribution in [-0.4, -0.2) is 42.8 Å². The lowest BCUT2D eigenvalue weighted by atomic mass is 10.2. The molecule has 1 aliphatic heterocycles. The Bertz CT molecular complexity index is 960. The number of anilines is 1. The first-order valence-electron chi connectivity index (χ1n) is 9.43. The number of unbranched alkanes of at least 4 members (excludes halogenated alkanes) is 1. The number of rotatable bonds is 8. The molecular formula is C22H23ClN2O4S. The lowest BCUT2D eigenvalue weighted by Crippen LogP contribution is -2.30. The SMILES string of the molecule is COc1ccc(/C=C2\N=C(SCCCCO)N(c3ccc(Cl)c(OC)c3)C2=O)cc1. The third-order valence-corrected chi connectivity index (χ3v) is 5.76. The topological polar surface area (TPSA) is 71.4 Å². The van der Waals surface area contributed by atoms with Crippen molar-refractivity contribution in [1.29, 1.82) is 0 Å². The molecule has 1 N–H and O–H groups in total. The van der Waals surface area contributed by atoms with Gasteiger partial charge in [-0.1, -0.05) is 35.5 Å². The van der Waals surface area contributed by atoms with Crippen LogP contribution in [0.15, 0.2) is 53.2 Å². The fraction of sp³-hybridized carbons (Fsp3) is 0.273. The van der Waals surface area contributed by atoms with Crippen LogP contribution in [0.2, 0.25) is 5.02 Å². The minimum Gasteiger partial charge on any atom is -0.497 e. The fourth-order valence-corrected chi connectivity index (χ4v) is 4.05. The quantitative estimate of drug-likeness (QED) is 0.473. The third-order valence-electron chi connectivity index (χ3n) is 4.43. The van der Waals surface area contributed by atoms with Crippen molar-refractivity contribution in [3.8, 4) is 11.5 Å². The second-order valence-electron chi connectivity index (χ2n) is 6.44. The van der Waals surface area contributed by atoms with Gasteiger partial charge in [-0.25, -0.2) is 4.99 Å². The highest BCUT2D eigenvalue weighted by Gasteiger charge is 2.32. The minimum absolute atomic E-state index is 0.146. The molecule has 0 spiro atoms. The highest BCUT2D eigenvalue weighted by atomic mass is 35.5. The van der Waals surface area contributed by atoms with Gasteiger partial charge in [0.2, 0.25) is 0 Å². The highest BCUT2D eigenvalue weighted by molar-refractivity contribution is 8.14. The van der Waals surface area contributed by atoms with Crippen LogP contribution < -0.4 is 14.4 Å². The van der Waals surface area contributed by atoms with E-state index in [-0.39, 0.29) is 12.5 Å². The number of thioether (sulfide) groups is 1. The third kappa shape index (κ3) is 5.16. The molecule has 0 bridgehead atoms. The molecule has 1 amide bonds. The van der Waals surface area contributed by atoms with E-state index in [1.807, 2.05) is 24.3 Å². The van der Waals surface area contributed by atoms with Gasteiger partial charge in [-0.2, -0.15) is 0 Å². The molecule has 0 atom stereocenters. The van der Waals surface area contributed by atoms with Gasteiger partial charge in [-0.05, 0) is 48.7 Å². The maximum absolute atomic E-state index is 13.2. The van der Waals surface area contributed by atoms with Crippen LogP contribution in [0.1, 0.15) is 18.4 Å². The van der Waals surface area contributed by atoms with Gasteiger partial charge < -0.3 is 14.6 Å². The van der Waals surface area contributed by atoms with E-state index in [2.05, 4.69) is 4.99 Å². The van der Waals surface area contributed by atoms with Crippen LogP contribution >= 0.6 is 23.4 Å². The van der Waals surface area contributed by atoms with Gasteiger partial charge in [0, 0.05) is 18.4 Å². The fourth-order valence-electron chi connectivity index (χ4n) is 2.84. The molecule has 30 heavy (non-hydrogen) atoms. The summed E-state index contributed by atoms with van der Waals surface area (Å²) in [5.74, 6) is 1.75. The number of methoxy groups -OCH3 is 2. The van der Waals surface area contributed by atoms with Crippen LogP contribution in [0.3, 0.4) is 0 Å². The lowest BCUT2D eigenvalue weighted by molar-refractivity contribution is -0.113. The van der Waals surface area contributed by atoms with Crippen molar-refractivity contribution in [3.63, 3.8) is 0 Å². The summed E-state index contributed by atoms with van der Waals surface area (Å²) < 4.78 is 10.5. The first kappa shape index (κ1) is 22.2. The highest BCUT2D eigenvalue weighted by Crippen LogP contribution is 2.34. The van der Waals surface area contributed by atoms with Gasteiger partial charge >= 0.3 is 0 Å². The van der Waals surface area contributed by atoms with Crippen molar-refractivity contribution >= 4 is 46.2 Å². The molecule has 0 aliphatic carbocycles. The summed E-state index contributed by atoms with van der Waals surface area (Å²) in [6, 6.07) is 12.6. The molecule has 0 unspecified atom stereocenters. The van der Waals surface area contributed by atoms with E-state index < -0.39 is 0 Å². The summed E-state index contributed by atoms with van der Waals surface area (Å²) in [5.41, 5.74) is 1.83. The van der Waals surface area contributed by atoms with Crippen LogP contribution in [0.4, 0.5) is 5.69 Å². The molecular weight excluding hydrogens is 424 g/mol. The van der Waals surface area contributed by atoms with Gasteiger partial charge in [0.25, 0.3) is 5.91 Å². The summed E-state index contributed by atoms with van der Waals surface area (Å²) in [7, 11) is 3.14. The number of benzene rings is 2. The van der Waals surface area contributed by atoms with E-state index in [0.29, 0.717) is 33.7 Å². The molecule has 0 saturated carbocycles. The van der Waals surface area contributed by atoms with Gasteiger partial charge in [0.1, 0.15) is 17.2 Å². The van der Waals surface area contributed by atoms with Crippen molar-refractivity contribution in [2.75, 3.05) is 31.5 Å². The summed E-state index contributed by atoms with van der Waals surface area (Å²) in [6.07, 6.45) is 3.28. The van der Waals surface area contributed by atoms with E-state index >= 15 is 0 Å². The molecule has 3 rings (SSSR count). The molecule has 0 fully saturated rings. The maximum atomic E-state index is 13.2. The Morgan fingerprint density at radius 2 is 1.90 bits per heavy atom. The average Bonchev–Trinajstić information content (AvgIpc) is 3.07. The zero-order chi connectivity index (χ0) is 21.5. The Kier molecular flexibility index (Phi) is 7.79. The zero-order valence-corrected chi connectivity index (χ0v) is 18.4. The number of hydrogen-bond donors (Lipinski definition) is 1. The van der Waals surface area contributed by atoms with Crippen molar-refractivity contribution in [1.82, 2.24) is 0 Å². The van der Waals surface area contributed by atoms with Gasteiger partial charge in [-0.15, -0.1) is 0 Å². The number of carbonyl (C=O) groups excluding carboxylic acids is 1. The van der Waals surface area contributed by atoms with Gasteiger partial charge in [0.05, 0.1) is 24.9 Å². The smallest absolute Gasteiger partial charge is 0.283 e. The molecule has 0 radical (unpaired) electrons. The number of hydrogen-bond acceptors (Lipinski definition) is 6. The Morgan fingerprint density at radius 3 is 2.57 bits per heavy atom. The molecule has 2 aromatic rings. The van der Waals surface area contributed by atoms with Crippen LogP contribution in [0, 0.1) is 0 Å². The monoisotopic (exact) mass is 446 g/mol. The number of halogens is 1. The van der Waals surface area contributed by atoms with Crippen molar-refractivity contribution in [2.24, 2.45) is 4.99 Å². The van der Waals surface area contributed by atoms with Crippen molar-refractivity contribution in [2.45, 2.75) is 12.8 Å². The number of amides is 1. The molecule has 0 saturated heterocycles. The summed E-state index contributed by atoms with van der Waals surface area (Å²) in [5, 5.41) is 10.1. The predicted octanol–water partition coefficient (Wildman–Crippen LogP) is 4.61. The number of carbonyl (C=O) groups is 1. The molecule has 6 nitrogen and oxygen atoms in total. The number of aliphatic hydroxyl groups is 1.